The highest BCUT2D eigenvalue weighted by Gasteiger charge is 2.24. The molecule has 1 N–H and O–H groups in total. The zero-order valence-corrected chi connectivity index (χ0v) is 10.9. The van der Waals surface area contributed by atoms with Gasteiger partial charge in [-0.3, -0.25) is 0 Å². The predicted octanol–water partition coefficient (Wildman–Crippen LogP) is 2.58. The van der Waals surface area contributed by atoms with E-state index in [1.54, 1.807) is 18.5 Å². The molecule has 0 amide bonds. The summed E-state index contributed by atoms with van der Waals surface area (Å²) in [5.74, 6) is 1.22. The first-order valence-electron chi connectivity index (χ1n) is 6.20. The van der Waals surface area contributed by atoms with Gasteiger partial charge in [-0.15, -0.1) is 0 Å². The molecule has 0 radical (unpaired) electrons. The molecule has 1 aromatic heterocycles. The number of nitrogens with one attached hydrogen (secondary N) is 1. The maximum atomic E-state index is 4.46. The van der Waals surface area contributed by atoms with E-state index in [1.807, 2.05) is 19.2 Å². The molecule has 1 aliphatic rings. The van der Waals surface area contributed by atoms with Crippen LogP contribution in [0.2, 0.25) is 0 Å². The van der Waals surface area contributed by atoms with Crippen molar-refractivity contribution in [2.45, 2.75) is 13.0 Å². The molecule has 19 heavy (non-hydrogen) atoms. The van der Waals surface area contributed by atoms with Crippen LogP contribution in [0.25, 0.3) is 0 Å². The molecular weight excluding hydrogens is 238 g/mol. The minimum Gasteiger partial charge on any atom is -0.339 e. The molecule has 0 saturated heterocycles. The first-order chi connectivity index (χ1) is 9.25. The SMILES string of the molecule is CC1c2ccccc2NC(=Nc2ncccn2)N1C. The fraction of sp³-hybridized carbons (Fsp3) is 0.214. The minimum atomic E-state index is 0.264. The Hall–Kier alpha value is -2.43. The second kappa shape index (κ2) is 4.68. The average Bonchev–Trinajstić information content (AvgIpc) is 2.46. The van der Waals surface area contributed by atoms with Crippen molar-refractivity contribution in [2.75, 3.05) is 12.4 Å². The second-order valence-corrected chi connectivity index (χ2v) is 4.48. The molecule has 0 spiro atoms. The summed E-state index contributed by atoms with van der Waals surface area (Å²) in [5.41, 5.74) is 2.35. The number of nitrogens with zero attached hydrogens (tertiary/aromatic N) is 4. The summed E-state index contributed by atoms with van der Waals surface area (Å²) in [6.07, 6.45) is 3.37. The Morgan fingerprint density at radius 2 is 1.89 bits per heavy atom. The van der Waals surface area contributed by atoms with Crippen LogP contribution in [0.4, 0.5) is 11.6 Å². The standard InChI is InChI=1S/C14H15N5/c1-10-11-6-3-4-7-12(11)17-14(19(10)2)18-13-15-8-5-9-16-13/h3-10H,1-2H3,(H,15,16,17,18). The smallest absolute Gasteiger partial charge is 0.252 e. The Bertz CT molecular complexity index is 608. The van der Waals surface area contributed by atoms with Gasteiger partial charge in [0.15, 0.2) is 0 Å². The molecule has 2 aromatic rings. The van der Waals surface area contributed by atoms with Gasteiger partial charge in [-0.2, -0.15) is 4.99 Å². The lowest BCUT2D eigenvalue weighted by atomic mass is 10.0. The quantitative estimate of drug-likeness (QED) is 0.848. The lowest BCUT2D eigenvalue weighted by molar-refractivity contribution is 0.395. The van der Waals surface area contributed by atoms with Gasteiger partial charge in [0, 0.05) is 25.1 Å². The summed E-state index contributed by atoms with van der Waals surface area (Å²) < 4.78 is 0. The van der Waals surface area contributed by atoms with Crippen molar-refractivity contribution in [3.63, 3.8) is 0 Å². The Labute approximate surface area is 112 Å². The third kappa shape index (κ3) is 2.14. The van der Waals surface area contributed by atoms with Crippen LogP contribution in [-0.2, 0) is 0 Å². The molecule has 5 heteroatoms. The predicted molar refractivity (Wildman–Crippen MR) is 75.4 cm³/mol. The second-order valence-electron chi connectivity index (χ2n) is 4.48. The number of benzene rings is 1. The van der Waals surface area contributed by atoms with Gasteiger partial charge in [-0.05, 0) is 24.6 Å². The van der Waals surface area contributed by atoms with Crippen molar-refractivity contribution in [1.29, 1.82) is 0 Å². The molecule has 1 atom stereocenters. The first-order valence-corrected chi connectivity index (χ1v) is 6.20. The van der Waals surface area contributed by atoms with Gasteiger partial charge in [-0.25, -0.2) is 9.97 Å². The Morgan fingerprint density at radius 3 is 2.68 bits per heavy atom. The van der Waals surface area contributed by atoms with E-state index in [1.165, 1.54) is 5.56 Å². The molecule has 0 saturated carbocycles. The number of fused-ring (bicyclic) bond motifs is 1. The summed E-state index contributed by atoms with van der Waals surface area (Å²) in [6.45, 7) is 2.15. The highest BCUT2D eigenvalue weighted by molar-refractivity contribution is 5.97. The van der Waals surface area contributed by atoms with E-state index >= 15 is 0 Å². The van der Waals surface area contributed by atoms with Gasteiger partial charge in [0.2, 0.25) is 5.96 Å². The highest BCUT2D eigenvalue weighted by atomic mass is 15.3. The molecule has 5 nitrogen and oxygen atoms in total. The largest absolute Gasteiger partial charge is 0.339 e. The molecule has 1 aromatic carbocycles. The van der Waals surface area contributed by atoms with Gasteiger partial charge in [0.25, 0.3) is 5.95 Å². The third-order valence-electron chi connectivity index (χ3n) is 3.33. The Balaban J connectivity index is 2.00. The van der Waals surface area contributed by atoms with Crippen molar-refractivity contribution in [2.24, 2.45) is 4.99 Å². The van der Waals surface area contributed by atoms with Crippen LogP contribution < -0.4 is 5.32 Å². The summed E-state index contributed by atoms with van der Waals surface area (Å²) in [6, 6.07) is 10.3. The van der Waals surface area contributed by atoms with Crippen LogP contribution >= 0.6 is 0 Å². The number of aliphatic imine (C=N–C) groups is 1. The number of rotatable bonds is 1. The monoisotopic (exact) mass is 253 g/mol. The van der Waals surface area contributed by atoms with E-state index in [4.69, 9.17) is 0 Å². The third-order valence-corrected chi connectivity index (χ3v) is 3.33. The van der Waals surface area contributed by atoms with E-state index in [2.05, 4.69) is 44.2 Å². The molecule has 1 unspecified atom stereocenters. The van der Waals surface area contributed by atoms with E-state index < -0.39 is 0 Å². The van der Waals surface area contributed by atoms with Crippen LogP contribution in [0.1, 0.15) is 18.5 Å². The topological polar surface area (TPSA) is 53.4 Å². The van der Waals surface area contributed by atoms with Gasteiger partial charge in [0.1, 0.15) is 0 Å². The van der Waals surface area contributed by atoms with Crippen LogP contribution in [0, 0.1) is 0 Å². The van der Waals surface area contributed by atoms with E-state index in [0.29, 0.717) is 5.95 Å². The highest BCUT2D eigenvalue weighted by Crippen LogP contribution is 2.31. The number of aromatic nitrogens is 2. The molecule has 0 bridgehead atoms. The Kier molecular flexibility index (Phi) is 2.87. The van der Waals surface area contributed by atoms with E-state index in [9.17, 15) is 0 Å². The van der Waals surface area contributed by atoms with Gasteiger partial charge < -0.3 is 10.2 Å². The maximum absolute atomic E-state index is 4.46. The minimum absolute atomic E-state index is 0.264. The average molecular weight is 253 g/mol. The lowest BCUT2D eigenvalue weighted by Gasteiger charge is -2.35. The fourth-order valence-electron chi connectivity index (χ4n) is 2.13. The maximum Gasteiger partial charge on any atom is 0.252 e. The number of guanidine groups is 1. The molecule has 0 aliphatic carbocycles. The number of para-hydroxylation sites is 1. The van der Waals surface area contributed by atoms with Crippen molar-refractivity contribution in [3.8, 4) is 0 Å². The van der Waals surface area contributed by atoms with Crippen LogP contribution in [-0.4, -0.2) is 27.9 Å². The summed E-state index contributed by atoms with van der Waals surface area (Å²) in [4.78, 5) is 14.8. The van der Waals surface area contributed by atoms with E-state index in [0.717, 1.165) is 11.6 Å². The summed E-state index contributed by atoms with van der Waals surface area (Å²) in [5, 5.41) is 3.32. The zero-order valence-electron chi connectivity index (χ0n) is 10.9. The van der Waals surface area contributed by atoms with Crippen LogP contribution in [0.3, 0.4) is 0 Å². The number of hydrogen-bond acceptors (Lipinski definition) is 3. The fourth-order valence-corrected chi connectivity index (χ4v) is 2.13. The van der Waals surface area contributed by atoms with Crippen LogP contribution in [0.5, 0.6) is 0 Å². The zero-order chi connectivity index (χ0) is 13.2. The van der Waals surface area contributed by atoms with Crippen molar-refractivity contribution < 1.29 is 0 Å². The summed E-state index contributed by atoms with van der Waals surface area (Å²) >= 11 is 0. The van der Waals surface area contributed by atoms with Gasteiger partial charge >= 0.3 is 0 Å². The molecule has 96 valence electrons. The number of hydrogen-bond donors (Lipinski definition) is 1. The van der Waals surface area contributed by atoms with Crippen molar-refractivity contribution in [3.05, 3.63) is 48.3 Å². The van der Waals surface area contributed by atoms with Crippen LogP contribution in [0.15, 0.2) is 47.7 Å². The Morgan fingerprint density at radius 1 is 1.16 bits per heavy atom. The molecule has 3 rings (SSSR count). The molecular formula is C14H15N5. The van der Waals surface area contributed by atoms with Gasteiger partial charge in [-0.1, -0.05) is 18.2 Å². The lowest BCUT2D eigenvalue weighted by Crippen LogP contribution is -2.39. The summed E-state index contributed by atoms with van der Waals surface area (Å²) in [7, 11) is 2.01. The molecule has 1 aliphatic heterocycles. The van der Waals surface area contributed by atoms with E-state index in [-0.39, 0.29) is 6.04 Å². The molecule has 0 fully saturated rings. The van der Waals surface area contributed by atoms with Gasteiger partial charge in [0.05, 0.1) is 6.04 Å². The number of anilines is 1. The first kappa shape index (κ1) is 11.6. The van der Waals surface area contributed by atoms with Crippen molar-refractivity contribution in [1.82, 2.24) is 14.9 Å². The van der Waals surface area contributed by atoms with Crippen molar-refractivity contribution >= 4 is 17.6 Å². The molecule has 2 heterocycles. The normalized spacial score (nSPS) is 20.0.